The molecule has 3 aromatic rings. The lowest BCUT2D eigenvalue weighted by Gasteiger charge is -2.08. The zero-order valence-electron chi connectivity index (χ0n) is 12.3. The number of halogens is 1. The van der Waals surface area contributed by atoms with Crippen LogP contribution in [-0.4, -0.2) is 18.4 Å². The van der Waals surface area contributed by atoms with Gasteiger partial charge in [0.1, 0.15) is 5.75 Å². The highest BCUT2D eigenvalue weighted by Gasteiger charge is 2.14. The van der Waals surface area contributed by atoms with Crippen LogP contribution in [0.4, 0.5) is 5.69 Å². The fourth-order valence-corrected chi connectivity index (χ4v) is 3.14. The molecule has 3 rings (SSSR count). The number of anilines is 1. The minimum atomic E-state index is -3.69. The molecule has 0 aliphatic rings. The van der Waals surface area contributed by atoms with Gasteiger partial charge in [-0.15, -0.1) is 0 Å². The van der Waals surface area contributed by atoms with Gasteiger partial charge < -0.3 is 4.74 Å². The van der Waals surface area contributed by atoms with Crippen molar-refractivity contribution in [1.29, 1.82) is 0 Å². The highest BCUT2D eigenvalue weighted by Crippen LogP contribution is 2.20. The third kappa shape index (κ3) is 4.09. The van der Waals surface area contributed by atoms with Gasteiger partial charge in [0, 0.05) is 4.47 Å². The van der Waals surface area contributed by atoms with Crippen LogP contribution < -0.4 is 9.46 Å². The van der Waals surface area contributed by atoms with Crippen LogP contribution in [0.1, 0.15) is 0 Å². The molecule has 0 saturated carbocycles. The Balaban J connectivity index is 1.73. The minimum absolute atomic E-state index is 0.132. The first-order valence-electron chi connectivity index (χ1n) is 6.86. The number of sulfonamides is 1. The number of benzene rings is 2. The summed E-state index contributed by atoms with van der Waals surface area (Å²) >= 11 is 3.26. The molecular weight excluding hydrogens is 394 g/mol. The van der Waals surface area contributed by atoms with Gasteiger partial charge in [-0.3, -0.25) is 4.72 Å². The number of hydrogen-bond acceptors (Lipinski definition) is 5. The minimum Gasteiger partial charge on any atom is -0.424 e. The topological polar surface area (TPSA) is 81.2 Å². The van der Waals surface area contributed by atoms with E-state index in [-0.39, 0.29) is 16.6 Å². The molecule has 0 bridgehead atoms. The zero-order valence-corrected chi connectivity index (χ0v) is 14.7. The predicted molar refractivity (Wildman–Crippen MR) is 93.5 cm³/mol. The lowest BCUT2D eigenvalue weighted by molar-refractivity contribution is 0.442. The maximum absolute atomic E-state index is 12.3. The normalized spacial score (nSPS) is 11.0. The largest absolute Gasteiger partial charge is 0.424 e. The second-order valence-corrected chi connectivity index (χ2v) is 7.33. The smallest absolute Gasteiger partial charge is 0.322 e. The van der Waals surface area contributed by atoms with Crippen LogP contribution in [-0.2, 0) is 10.0 Å². The van der Waals surface area contributed by atoms with Crippen molar-refractivity contribution >= 4 is 31.6 Å². The first kappa shape index (κ1) is 16.4. The Hall–Kier alpha value is -2.45. The monoisotopic (exact) mass is 405 g/mol. The van der Waals surface area contributed by atoms with Gasteiger partial charge in [-0.2, -0.15) is 0 Å². The molecule has 1 aromatic heterocycles. The molecule has 0 aliphatic carbocycles. The molecule has 2 aromatic carbocycles. The Morgan fingerprint density at radius 1 is 0.917 bits per heavy atom. The molecule has 6 nitrogen and oxygen atoms in total. The van der Waals surface area contributed by atoms with E-state index < -0.39 is 10.0 Å². The van der Waals surface area contributed by atoms with Crippen molar-refractivity contribution in [3.8, 4) is 11.8 Å². The van der Waals surface area contributed by atoms with E-state index in [2.05, 4.69) is 30.6 Å². The molecule has 1 N–H and O–H groups in total. The third-order valence-corrected chi connectivity index (χ3v) is 4.88. The molecule has 1 heterocycles. The quantitative estimate of drug-likeness (QED) is 0.697. The third-order valence-electron chi connectivity index (χ3n) is 2.96. The number of ether oxygens (including phenoxy) is 1. The fraction of sp³-hybridized carbons (Fsp3) is 0. The molecule has 0 fully saturated rings. The number of hydrogen-bond donors (Lipinski definition) is 1. The van der Waals surface area contributed by atoms with E-state index >= 15 is 0 Å². The van der Waals surface area contributed by atoms with Gasteiger partial charge in [0.15, 0.2) is 0 Å². The van der Waals surface area contributed by atoms with Crippen LogP contribution in [0.15, 0.2) is 76.4 Å². The number of nitrogens with zero attached hydrogens (tertiary/aromatic N) is 2. The summed E-state index contributed by atoms with van der Waals surface area (Å²) in [5.41, 5.74) is 0.248. The fourth-order valence-electron chi connectivity index (χ4n) is 1.84. The molecule has 0 spiro atoms. The second kappa shape index (κ2) is 6.98. The molecule has 0 aliphatic heterocycles. The summed E-state index contributed by atoms with van der Waals surface area (Å²) in [7, 11) is -3.69. The lowest BCUT2D eigenvalue weighted by atomic mass is 10.3. The summed E-state index contributed by atoms with van der Waals surface area (Å²) in [6.07, 6.45) is 2.70. The first-order chi connectivity index (χ1) is 11.5. The summed E-state index contributed by atoms with van der Waals surface area (Å²) in [5, 5.41) is 0. The van der Waals surface area contributed by atoms with Crippen LogP contribution in [0.3, 0.4) is 0 Å². The van der Waals surface area contributed by atoms with E-state index in [0.29, 0.717) is 5.75 Å². The Kier molecular flexibility index (Phi) is 4.77. The Labute approximate surface area is 147 Å². The maximum atomic E-state index is 12.3. The van der Waals surface area contributed by atoms with Gasteiger partial charge in [0.25, 0.3) is 10.0 Å². The van der Waals surface area contributed by atoms with Crippen molar-refractivity contribution in [1.82, 2.24) is 9.97 Å². The average Bonchev–Trinajstić information content (AvgIpc) is 2.58. The lowest BCUT2D eigenvalue weighted by Crippen LogP contribution is -2.13. The van der Waals surface area contributed by atoms with Crippen LogP contribution in [0.25, 0.3) is 0 Å². The summed E-state index contributed by atoms with van der Waals surface area (Å²) in [6.45, 7) is 0. The number of nitrogens with one attached hydrogen (secondary N) is 1. The SMILES string of the molecule is O=S(=O)(Nc1cnc(Oc2ccccc2)nc1)c1ccc(Br)cc1. The highest BCUT2D eigenvalue weighted by molar-refractivity contribution is 9.10. The molecular formula is C16H12BrN3O3S. The standard InChI is InChI=1S/C16H12BrN3O3S/c17-12-6-8-15(9-7-12)24(21,22)20-13-10-18-16(19-11-13)23-14-4-2-1-3-5-14/h1-11,20H. The van der Waals surface area contributed by atoms with Crippen LogP contribution in [0.5, 0.6) is 11.8 Å². The van der Waals surface area contributed by atoms with Gasteiger partial charge in [-0.1, -0.05) is 34.1 Å². The Bertz CT molecular complexity index is 915. The molecule has 0 unspecified atom stereocenters. The molecule has 0 radical (unpaired) electrons. The van der Waals surface area contributed by atoms with Gasteiger partial charge in [0.05, 0.1) is 23.0 Å². The summed E-state index contributed by atoms with van der Waals surface area (Å²) in [6, 6.07) is 15.5. The second-order valence-electron chi connectivity index (χ2n) is 4.73. The van der Waals surface area contributed by atoms with Crippen molar-refractivity contribution in [2.24, 2.45) is 0 Å². The van der Waals surface area contributed by atoms with Crippen LogP contribution in [0, 0.1) is 0 Å². The van der Waals surface area contributed by atoms with E-state index in [9.17, 15) is 8.42 Å². The van der Waals surface area contributed by atoms with Crippen molar-refractivity contribution in [2.75, 3.05) is 4.72 Å². The van der Waals surface area contributed by atoms with Gasteiger partial charge >= 0.3 is 6.01 Å². The summed E-state index contributed by atoms with van der Waals surface area (Å²) in [5.74, 6) is 0.598. The molecule has 8 heteroatoms. The predicted octanol–water partition coefficient (Wildman–Crippen LogP) is 3.83. The highest BCUT2D eigenvalue weighted by atomic mass is 79.9. The van der Waals surface area contributed by atoms with Crippen molar-refractivity contribution in [3.63, 3.8) is 0 Å². The molecule has 0 saturated heterocycles. The van der Waals surface area contributed by atoms with Crippen molar-refractivity contribution < 1.29 is 13.2 Å². The van der Waals surface area contributed by atoms with Gasteiger partial charge in [-0.25, -0.2) is 18.4 Å². The van der Waals surface area contributed by atoms with Crippen LogP contribution >= 0.6 is 15.9 Å². The molecule has 0 amide bonds. The van der Waals surface area contributed by atoms with Gasteiger partial charge in [0.2, 0.25) is 0 Å². The Morgan fingerprint density at radius 3 is 2.17 bits per heavy atom. The number of aromatic nitrogens is 2. The molecule has 122 valence electrons. The van der Waals surface area contributed by atoms with E-state index in [0.717, 1.165) is 4.47 Å². The van der Waals surface area contributed by atoms with E-state index in [1.807, 2.05) is 18.2 Å². The first-order valence-corrected chi connectivity index (χ1v) is 9.14. The van der Waals surface area contributed by atoms with Crippen molar-refractivity contribution in [2.45, 2.75) is 4.90 Å². The Morgan fingerprint density at radius 2 is 1.54 bits per heavy atom. The van der Waals surface area contributed by atoms with Crippen LogP contribution in [0.2, 0.25) is 0 Å². The maximum Gasteiger partial charge on any atom is 0.322 e. The van der Waals surface area contributed by atoms with Gasteiger partial charge in [-0.05, 0) is 36.4 Å². The van der Waals surface area contributed by atoms with E-state index in [1.165, 1.54) is 24.5 Å². The average molecular weight is 406 g/mol. The molecule has 24 heavy (non-hydrogen) atoms. The van der Waals surface area contributed by atoms with Crippen molar-refractivity contribution in [3.05, 3.63) is 71.5 Å². The number of para-hydroxylation sites is 1. The summed E-state index contributed by atoms with van der Waals surface area (Å²) in [4.78, 5) is 8.14. The number of rotatable bonds is 5. The van der Waals surface area contributed by atoms with E-state index in [1.54, 1.807) is 24.3 Å². The van der Waals surface area contributed by atoms with E-state index in [4.69, 9.17) is 4.74 Å². The molecule has 0 atom stereocenters. The summed E-state index contributed by atoms with van der Waals surface area (Å²) < 4.78 is 33.2. The zero-order chi connectivity index (χ0) is 17.0.